The quantitative estimate of drug-likeness (QED) is 0.533. The molecule has 0 aliphatic heterocycles. The molecule has 0 fully saturated rings. The van der Waals surface area contributed by atoms with Crippen LogP contribution in [0.2, 0.25) is 0 Å². The standard InChI is InChI=1S/C8H7N3O2/c1-5-2-6-3-7(11(12)13)4-9-8(6)10-5/h2-4H,1H3,(H,9,10). The van der Waals surface area contributed by atoms with E-state index in [1.807, 2.05) is 13.0 Å². The van der Waals surface area contributed by atoms with Crippen LogP contribution in [-0.4, -0.2) is 14.9 Å². The lowest BCUT2D eigenvalue weighted by molar-refractivity contribution is -0.385. The summed E-state index contributed by atoms with van der Waals surface area (Å²) in [6, 6.07) is 3.33. The second kappa shape index (κ2) is 2.55. The van der Waals surface area contributed by atoms with Gasteiger partial charge >= 0.3 is 0 Å². The predicted molar refractivity (Wildman–Crippen MR) is 47.5 cm³/mol. The minimum Gasteiger partial charge on any atom is -0.344 e. The van der Waals surface area contributed by atoms with Crippen LogP contribution in [0, 0.1) is 17.0 Å². The number of aromatic amines is 1. The van der Waals surface area contributed by atoms with Crippen LogP contribution < -0.4 is 0 Å². The number of rotatable bonds is 1. The number of aryl methyl sites for hydroxylation is 1. The van der Waals surface area contributed by atoms with Crippen molar-refractivity contribution in [2.45, 2.75) is 6.92 Å². The van der Waals surface area contributed by atoms with E-state index in [4.69, 9.17) is 0 Å². The molecule has 0 saturated carbocycles. The third-order valence-electron chi connectivity index (χ3n) is 1.80. The van der Waals surface area contributed by atoms with Crippen LogP contribution in [0.5, 0.6) is 0 Å². The first-order valence-corrected chi connectivity index (χ1v) is 3.76. The van der Waals surface area contributed by atoms with Gasteiger partial charge in [-0.2, -0.15) is 0 Å². The summed E-state index contributed by atoms with van der Waals surface area (Å²) in [7, 11) is 0. The minimum atomic E-state index is -0.450. The molecule has 0 aromatic carbocycles. The average molecular weight is 177 g/mol. The number of fused-ring (bicyclic) bond motifs is 1. The van der Waals surface area contributed by atoms with Gasteiger partial charge in [0, 0.05) is 17.1 Å². The Morgan fingerprint density at radius 3 is 3.00 bits per heavy atom. The number of hydrogen-bond acceptors (Lipinski definition) is 3. The van der Waals surface area contributed by atoms with Gasteiger partial charge in [-0.15, -0.1) is 0 Å². The van der Waals surface area contributed by atoms with Gasteiger partial charge in [0.1, 0.15) is 11.8 Å². The van der Waals surface area contributed by atoms with Crippen LogP contribution in [0.3, 0.4) is 0 Å². The highest BCUT2D eigenvalue weighted by atomic mass is 16.6. The van der Waals surface area contributed by atoms with E-state index in [1.165, 1.54) is 12.3 Å². The van der Waals surface area contributed by atoms with Crippen molar-refractivity contribution in [3.63, 3.8) is 0 Å². The van der Waals surface area contributed by atoms with Crippen molar-refractivity contribution in [2.75, 3.05) is 0 Å². The van der Waals surface area contributed by atoms with E-state index < -0.39 is 4.92 Å². The lowest BCUT2D eigenvalue weighted by Gasteiger charge is -1.89. The zero-order chi connectivity index (χ0) is 9.42. The van der Waals surface area contributed by atoms with Crippen molar-refractivity contribution < 1.29 is 4.92 Å². The third kappa shape index (κ3) is 1.24. The minimum absolute atomic E-state index is 0.0199. The fraction of sp³-hybridized carbons (Fsp3) is 0.125. The van der Waals surface area contributed by atoms with Crippen molar-refractivity contribution in [1.82, 2.24) is 9.97 Å². The molecule has 0 spiro atoms. The SMILES string of the molecule is Cc1cc2cc([N+](=O)[O-])cnc2[nH]1. The molecule has 0 atom stereocenters. The van der Waals surface area contributed by atoms with Gasteiger partial charge in [0.2, 0.25) is 0 Å². The molecular formula is C8H7N3O2. The van der Waals surface area contributed by atoms with Gasteiger partial charge < -0.3 is 4.98 Å². The van der Waals surface area contributed by atoms with Crippen molar-refractivity contribution in [3.05, 3.63) is 34.1 Å². The van der Waals surface area contributed by atoms with Crippen LogP contribution in [-0.2, 0) is 0 Å². The molecule has 5 heteroatoms. The Morgan fingerprint density at radius 2 is 2.31 bits per heavy atom. The summed E-state index contributed by atoms with van der Waals surface area (Å²) in [5, 5.41) is 11.2. The maximum Gasteiger partial charge on any atom is 0.288 e. The van der Waals surface area contributed by atoms with Gasteiger partial charge in [0.05, 0.1) is 4.92 Å². The molecule has 0 aliphatic rings. The summed E-state index contributed by atoms with van der Waals surface area (Å²) >= 11 is 0. The van der Waals surface area contributed by atoms with Gasteiger partial charge in [0.15, 0.2) is 0 Å². The van der Waals surface area contributed by atoms with Crippen LogP contribution in [0.25, 0.3) is 11.0 Å². The molecule has 0 unspecified atom stereocenters. The number of aromatic nitrogens is 2. The lowest BCUT2D eigenvalue weighted by atomic mass is 10.3. The molecule has 2 aromatic rings. The molecule has 0 saturated heterocycles. The maximum atomic E-state index is 10.4. The van der Waals surface area contributed by atoms with Crippen LogP contribution >= 0.6 is 0 Å². The number of nitrogens with zero attached hydrogens (tertiary/aromatic N) is 2. The normalized spacial score (nSPS) is 10.5. The maximum absolute atomic E-state index is 10.4. The number of nitro groups is 1. The van der Waals surface area contributed by atoms with Crippen LogP contribution in [0.15, 0.2) is 18.3 Å². The topological polar surface area (TPSA) is 71.8 Å². The van der Waals surface area contributed by atoms with E-state index >= 15 is 0 Å². The highest BCUT2D eigenvalue weighted by Gasteiger charge is 2.07. The van der Waals surface area contributed by atoms with Gasteiger partial charge in [0.25, 0.3) is 5.69 Å². The van der Waals surface area contributed by atoms with Crippen LogP contribution in [0.4, 0.5) is 5.69 Å². The summed E-state index contributed by atoms with van der Waals surface area (Å²) in [4.78, 5) is 16.9. The van der Waals surface area contributed by atoms with E-state index in [0.717, 1.165) is 11.1 Å². The van der Waals surface area contributed by atoms with E-state index in [2.05, 4.69) is 9.97 Å². The highest BCUT2D eigenvalue weighted by molar-refractivity contribution is 5.78. The van der Waals surface area contributed by atoms with Gasteiger partial charge in [-0.05, 0) is 13.0 Å². The second-order valence-electron chi connectivity index (χ2n) is 2.84. The molecule has 2 aromatic heterocycles. The Hall–Kier alpha value is -1.91. The van der Waals surface area contributed by atoms with E-state index in [-0.39, 0.29) is 5.69 Å². The fourth-order valence-corrected chi connectivity index (χ4v) is 1.24. The van der Waals surface area contributed by atoms with Crippen molar-refractivity contribution in [1.29, 1.82) is 0 Å². The Bertz CT molecular complexity index is 475. The Kier molecular flexibility index (Phi) is 1.51. The molecule has 0 bridgehead atoms. The average Bonchev–Trinajstić information content (AvgIpc) is 2.42. The van der Waals surface area contributed by atoms with Crippen LogP contribution in [0.1, 0.15) is 5.69 Å². The molecule has 1 N–H and O–H groups in total. The first-order valence-electron chi connectivity index (χ1n) is 3.76. The lowest BCUT2D eigenvalue weighted by Crippen LogP contribution is -1.88. The Labute approximate surface area is 73.6 Å². The summed E-state index contributed by atoms with van der Waals surface area (Å²) < 4.78 is 0. The van der Waals surface area contributed by atoms with E-state index in [1.54, 1.807) is 0 Å². The van der Waals surface area contributed by atoms with E-state index in [9.17, 15) is 10.1 Å². The molecule has 66 valence electrons. The van der Waals surface area contributed by atoms with Crippen molar-refractivity contribution >= 4 is 16.7 Å². The van der Waals surface area contributed by atoms with Crippen molar-refractivity contribution in [3.8, 4) is 0 Å². The molecular weight excluding hydrogens is 170 g/mol. The third-order valence-corrected chi connectivity index (χ3v) is 1.80. The van der Waals surface area contributed by atoms with Crippen molar-refractivity contribution in [2.24, 2.45) is 0 Å². The Balaban J connectivity index is 2.67. The molecule has 0 radical (unpaired) electrons. The fourth-order valence-electron chi connectivity index (χ4n) is 1.24. The molecule has 5 nitrogen and oxygen atoms in total. The van der Waals surface area contributed by atoms with Gasteiger partial charge in [-0.1, -0.05) is 0 Å². The monoisotopic (exact) mass is 177 g/mol. The predicted octanol–water partition coefficient (Wildman–Crippen LogP) is 1.78. The first kappa shape index (κ1) is 7.72. The zero-order valence-electron chi connectivity index (χ0n) is 6.94. The molecule has 0 aliphatic carbocycles. The molecule has 13 heavy (non-hydrogen) atoms. The largest absolute Gasteiger partial charge is 0.344 e. The second-order valence-corrected chi connectivity index (χ2v) is 2.84. The van der Waals surface area contributed by atoms with Gasteiger partial charge in [-0.25, -0.2) is 4.98 Å². The van der Waals surface area contributed by atoms with E-state index in [0.29, 0.717) is 5.65 Å². The Morgan fingerprint density at radius 1 is 1.54 bits per heavy atom. The van der Waals surface area contributed by atoms with Gasteiger partial charge in [-0.3, -0.25) is 10.1 Å². The number of nitrogens with one attached hydrogen (secondary N) is 1. The first-order chi connectivity index (χ1) is 6.16. The number of hydrogen-bond donors (Lipinski definition) is 1. The summed E-state index contributed by atoms with van der Waals surface area (Å²) in [5.41, 5.74) is 1.65. The summed E-state index contributed by atoms with van der Waals surface area (Å²) in [5.74, 6) is 0. The summed E-state index contributed by atoms with van der Waals surface area (Å²) in [6.07, 6.45) is 1.25. The molecule has 2 heterocycles. The zero-order valence-corrected chi connectivity index (χ0v) is 6.94. The molecule has 0 amide bonds. The number of H-pyrrole nitrogens is 1. The smallest absolute Gasteiger partial charge is 0.288 e. The highest BCUT2D eigenvalue weighted by Crippen LogP contribution is 2.18. The summed E-state index contributed by atoms with van der Waals surface area (Å²) in [6.45, 7) is 1.88. The number of pyridine rings is 1. The molecule has 2 rings (SSSR count).